The largest absolute Gasteiger partial charge is 0.492 e. The molecule has 0 heterocycles. The maximum atomic E-state index is 11.5. The van der Waals surface area contributed by atoms with Crippen molar-refractivity contribution < 1.29 is 9.53 Å². The molecule has 3 N–H and O–H groups in total. The highest BCUT2D eigenvalue weighted by Crippen LogP contribution is 2.25. The van der Waals surface area contributed by atoms with Gasteiger partial charge in [0.25, 0.3) is 0 Å². The molecule has 5 heteroatoms. The van der Waals surface area contributed by atoms with E-state index in [1.165, 1.54) is 5.56 Å². The molecule has 0 aliphatic heterocycles. The van der Waals surface area contributed by atoms with Gasteiger partial charge in [0.15, 0.2) is 0 Å². The average Bonchev–Trinajstić information content (AvgIpc) is 2.41. The summed E-state index contributed by atoms with van der Waals surface area (Å²) in [4.78, 5) is 11.5. The van der Waals surface area contributed by atoms with Crippen molar-refractivity contribution in [2.24, 2.45) is 11.7 Å². The summed E-state index contributed by atoms with van der Waals surface area (Å²) in [7, 11) is 0. The van der Waals surface area contributed by atoms with Gasteiger partial charge in [-0.1, -0.05) is 39.8 Å². The van der Waals surface area contributed by atoms with Crippen molar-refractivity contribution in [3.8, 4) is 5.75 Å². The molecular formula is C16H27ClN2O2. The van der Waals surface area contributed by atoms with Gasteiger partial charge in [-0.15, -0.1) is 12.4 Å². The summed E-state index contributed by atoms with van der Waals surface area (Å²) in [6.45, 7) is 9.62. The molecule has 1 rings (SSSR count). The van der Waals surface area contributed by atoms with Gasteiger partial charge in [-0.25, -0.2) is 0 Å². The molecule has 1 unspecified atom stereocenters. The number of rotatable bonds is 6. The molecule has 0 radical (unpaired) electrons. The second-order valence-corrected chi connectivity index (χ2v) is 6.05. The Morgan fingerprint density at radius 1 is 1.38 bits per heavy atom. The quantitative estimate of drug-likeness (QED) is 0.793. The summed E-state index contributed by atoms with van der Waals surface area (Å²) in [5, 5.41) is 2.80. The van der Waals surface area contributed by atoms with Crippen molar-refractivity contribution in [2.45, 2.75) is 33.1 Å². The summed E-state index contributed by atoms with van der Waals surface area (Å²) in [5.74, 6) is 0.650. The zero-order valence-electron chi connectivity index (χ0n) is 13.3. The minimum atomic E-state index is -0.154. The van der Waals surface area contributed by atoms with Crippen molar-refractivity contribution in [1.29, 1.82) is 0 Å². The fraction of sp³-hybridized carbons (Fsp3) is 0.562. The van der Waals surface area contributed by atoms with E-state index in [2.05, 4.69) is 32.2 Å². The molecular weight excluding hydrogens is 288 g/mol. The molecule has 4 nitrogen and oxygen atoms in total. The Balaban J connectivity index is 0.00000400. The second-order valence-electron chi connectivity index (χ2n) is 6.05. The first kappa shape index (κ1) is 19.7. The Morgan fingerprint density at radius 3 is 2.62 bits per heavy atom. The maximum absolute atomic E-state index is 11.5. The van der Waals surface area contributed by atoms with Crippen LogP contribution in [-0.4, -0.2) is 25.6 Å². The van der Waals surface area contributed by atoms with Gasteiger partial charge in [0.2, 0.25) is 5.91 Å². The summed E-state index contributed by atoms with van der Waals surface area (Å²) in [6.07, 6.45) is 0. The molecule has 1 atom stereocenters. The molecule has 120 valence electrons. The Kier molecular flexibility index (Phi) is 8.37. The number of carbonyl (C=O) groups is 1. The molecule has 0 spiro atoms. The van der Waals surface area contributed by atoms with E-state index in [1.54, 1.807) is 0 Å². The van der Waals surface area contributed by atoms with Gasteiger partial charge < -0.3 is 15.8 Å². The summed E-state index contributed by atoms with van der Waals surface area (Å²) in [6, 6.07) is 8.06. The van der Waals surface area contributed by atoms with Gasteiger partial charge in [-0.2, -0.15) is 0 Å². The molecule has 0 aliphatic rings. The van der Waals surface area contributed by atoms with Crippen LogP contribution in [0.2, 0.25) is 0 Å². The fourth-order valence-corrected chi connectivity index (χ4v) is 1.68. The first-order chi connectivity index (χ1) is 9.34. The van der Waals surface area contributed by atoms with Gasteiger partial charge in [0.05, 0.1) is 6.54 Å². The van der Waals surface area contributed by atoms with Crippen LogP contribution < -0.4 is 15.8 Å². The number of nitrogens with two attached hydrogens (primary N) is 1. The van der Waals surface area contributed by atoms with Crippen molar-refractivity contribution in [3.05, 3.63) is 29.8 Å². The van der Waals surface area contributed by atoms with Crippen LogP contribution in [0.5, 0.6) is 5.75 Å². The van der Waals surface area contributed by atoms with E-state index in [0.717, 1.165) is 5.75 Å². The fourth-order valence-electron chi connectivity index (χ4n) is 1.68. The van der Waals surface area contributed by atoms with Crippen LogP contribution in [-0.2, 0) is 10.2 Å². The number of ether oxygens (including phenoxy) is 1. The molecule has 0 fully saturated rings. The smallest absolute Gasteiger partial charge is 0.224 e. The van der Waals surface area contributed by atoms with Gasteiger partial charge >= 0.3 is 0 Å². The molecule has 21 heavy (non-hydrogen) atoms. The van der Waals surface area contributed by atoms with E-state index in [0.29, 0.717) is 19.7 Å². The van der Waals surface area contributed by atoms with Gasteiger partial charge in [0, 0.05) is 12.5 Å². The number of halogens is 1. The lowest BCUT2D eigenvalue weighted by molar-refractivity contribution is -0.124. The summed E-state index contributed by atoms with van der Waals surface area (Å²) < 4.78 is 5.66. The number of hydrogen-bond acceptors (Lipinski definition) is 3. The average molecular weight is 315 g/mol. The Hall–Kier alpha value is -1.26. The van der Waals surface area contributed by atoms with Crippen LogP contribution in [0.4, 0.5) is 0 Å². The van der Waals surface area contributed by atoms with Crippen molar-refractivity contribution in [2.75, 3.05) is 19.7 Å². The first-order valence-electron chi connectivity index (χ1n) is 7.05. The zero-order valence-corrected chi connectivity index (χ0v) is 14.1. The van der Waals surface area contributed by atoms with Crippen LogP contribution in [0.15, 0.2) is 24.3 Å². The van der Waals surface area contributed by atoms with Gasteiger partial charge in [0.1, 0.15) is 12.4 Å². The third-order valence-electron chi connectivity index (χ3n) is 3.17. The van der Waals surface area contributed by atoms with E-state index < -0.39 is 0 Å². The lowest BCUT2D eigenvalue weighted by Crippen LogP contribution is -2.35. The van der Waals surface area contributed by atoms with Crippen LogP contribution in [0.1, 0.15) is 33.3 Å². The normalized spacial score (nSPS) is 12.2. The van der Waals surface area contributed by atoms with E-state index in [-0.39, 0.29) is 29.6 Å². The van der Waals surface area contributed by atoms with Gasteiger partial charge in [-0.3, -0.25) is 4.79 Å². The molecule has 0 bridgehead atoms. The highest BCUT2D eigenvalue weighted by Gasteiger charge is 2.14. The minimum absolute atomic E-state index is 0. The van der Waals surface area contributed by atoms with Crippen LogP contribution in [0.25, 0.3) is 0 Å². The zero-order chi connectivity index (χ0) is 15.2. The Bertz CT molecular complexity index is 444. The number of nitrogens with one attached hydrogen (secondary N) is 1. The van der Waals surface area contributed by atoms with E-state index in [4.69, 9.17) is 10.5 Å². The van der Waals surface area contributed by atoms with Gasteiger partial charge in [-0.05, 0) is 23.1 Å². The molecule has 0 saturated heterocycles. The molecule has 1 amide bonds. The lowest BCUT2D eigenvalue weighted by atomic mass is 9.87. The SMILES string of the molecule is CC(CN)C(=O)NCCOc1cccc(C(C)(C)C)c1.Cl. The molecule has 0 aliphatic carbocycles. The predicted octanol–water partition coefficient (Wildman–Crippen LogP) is 2.50. The third-order valence-corrected chi connectivity index (χ3v) is 3.17. The highest BCUT2D eigenvalue weighted by molar-refractivity contribution is 5.85. The number of carbonyl (C=O) groups excluding carboxylic acids is 1. The van der Waals surface area contributed by atoms with E-state index in [9.17, 15) is 4.79 Å². The number of amides is 1. The molecule has 0 aromatic heterocycles. The highest BCUT2D eigenvalue weighted by atomic mass is 35.5. The predicted molar refractivity (Wildman–Crippen MR) is 89.1 cm³/mol. The Morgan fingerprint density at radius 2 is 2.05 bits per heavy atom. The second kappa shape index (κ2) is 8.90. The third kappa shape index (κ3) is 6.82. The van der Waals surface area contributed by atoms with Crippen molar-refractivity contribution in [1.82, 2.24) is 5.32 Å². The first-order valence-corrected chi connectivity index (χ1v) is 7.05. The molecule has 0 saturated carbocycles. The summed E-state index contributed by atoms with van der Waals surface area (Å²) in [5.41, 5.74) is 6.77. The topological polar surface area (TPSA) is 64.4 Å². The summed E-state index contributed by atoms with van der Waals surface area (Å²) >= 11 is 0. The Labute approximate surface area is 133 Å². The van der Waals surface area contributed by atoms with E-state index >= 15 is 0 Å². The monoisotopic (exact) mass is 314 g/mol. The maximum Gasteiger partial charge on any atom is 0.224 e. The van der Waals surface area contributed by atoms with Crippen molar-refractivity contribution in [3.63, 3.8) is 0 Å². The molecule has 1 aromatic rings. The van der Waals surface area contributed by atoms with Crippen LogP contribution >= 0.6 is 12.4 Å². The van der Waals surface area contributed by atoms with E-state index in [1.807, 2.05) is 25.1 Å². The van der Waals surface area contributed by atoms with Crippen molar-refractivity contribution >= 4 is 18.3 Å². The number of benzene rings is 1. The number of hydrogen-bond donors (Lipinski definition) is 2. The van der Waals surface area contributed by atoms with Crippen LogP contribution in [0.3, 0.4) is 0 Å². The lowest BCUT2D eigenvalue weighted by Gasteiger charge is -2.19. The minimum Gasteiger partial charge on any atom is -0.492 e. The van der Waals surface area contributed by atoms with Crippen LogP contribution in [0, 0.1) is 5.92 Å². The standard InChI is InChI=1S/C16H26N2O2.ClH/c1-12(11-17)15(19)18-8-9-20-14-7-5-6-13(10-14)16(2,3)4;/h5-7,10,12H,8-9,11,17H2,1-4H3,(H,18,19);1H. The molecule has 1 aromatic carbocycles.